The van der Waals surface area contributed by atoms with E-state index in [2.05, 4.69) is 55.8 Å². The minimum absolute atomic E-state index is 0.358. The van der Waals surface area contributed by atoms with Crippen LogP contribution in [0.5, 0.6) is 11.5 Å². The molecule has 2 nitrogen and oxygen atoms in total. The smallest absolute Gasteiger partial charge is 0.161 e. The number of rotatable bonds is 9. The van der Waals surface area contributed by atoms with Crippen LogP contribution >= 0.6 is 15.9 Å². The summed E-state index contributed by atoms with van der Waals surface area (Å²) in [7, 11) is 0. The van der Waals surface area contributed by atoms with Crippen LogP contribution in [0.4, 0.5) is 0 Å². The molecule has 0 saturated carbocycles. The molecule has 2 unspecified atom stereocenters. The average molecular weight is 343 g/mol. The van der Waals surface area contributed by atoms with Crippen LogP contribution in [0.15, 0.2) is 18.2 Å². The van der Waals surface area contributed by atoms with Crippen LogP contribution in [0.2, 0.25) is 0 Å². The second-order valence-corrected chi connectivity index (χ2v) is 6.18. The molecule has 1 rings (SSSR count). The first kappa shape index (κ1) is 17.4. The average Bonchev–Trinajstić information content (AvgIpc) is 2.49. The van der Waals surface area contributed by atoms with Gasteiger partial charge in [0.05, 0.1) is 13.2 Å². The third-order valence-electron chi connectivity index (χ3n) is 3.35. The highest BCUT2D eigenvalue weighted by Crippen LogP contribution is 2.37. The highest BCUT2D eigenvalue weighted by atomic mass is 79.9. The van der Waals surface area contributed by atoms with Gasteiger partial charge in [-0.25, -0.2) is 0 Å². The van der Waals surface area contributed by atoms with Crippen LogP contribution in [0.25, 0.3) is 0 Å². The lowest BCUT2D eigenvalue weighted by molar-refractivity contribution is 0.268. The zero-order valence-electron chi connectivity index (χ0n) is 13.1. The summed E-state index contributed by atoms with van der Waals surface area (Å²) in [6.07, 6.45) is 3.15. The fraction of sp³-hybridized carbons (Fsp3) is 0.647. The van der Waals surface area contributed by atoms with E-state index < -0.39 is 0 Å². The van der Waals surface area contributed by atoms with Crippen LogP contribution in [0.3, 0.4) is 0 Å². The number of hydrogen-bond acceptors (Lipinski definition) is 2. The molecule has 0 radical (unpaired) electrons. The number of benzene rings is 1. The third kappa shape index (κ3) is 5.01. The quantitative estimate of drug-likeness (QED) is 0.532. The monoisotopic (exact) mass is 342 g/mol. The molecular formula is C17H27BrO2. The van der Waals surface area contributed by atoms with Gasteiger partial charge >= 0.3 is 0 Å². The fourth-order valence-electron chi connectivity index (χ4n) is 1.89. The molecular weight excluding hydrogens is 316 g/mol. The summed E-state index contributed by atoms with van der Waals surface area (Å²) in [4.78, 5) is 0.358. The van der Waals surface area contributed by atoms with Gasteiger partial charge in [0.15, 0.2) is 11.5 Å². The molecule has 0 aliphatic carbocycles. The third-order valence-corrected chi connectivity index (χ3v) is 4.78. The Balaban J connectivity index is 2.93. The van der Waals surface area contributed by atoms with E-state index in [4.69, 9.17) is 9.47 Å². The zero-order chi connectivity index (χ0) is 15.0. The van der Waals surface area contributed by atoms with E-state index in [1.54, 1.807) is 0 Å². The summed E-state index contributed by atoms with van der Waals surface area (Å²) in [6.45, 7) is 10.1. The molecule has 0 fully saturated rings. The zero-order valence-corrected chi connectivity index (χ0v) is 14.7. The lowest BCUT2D eigenvalue weighted by atomic mass is 9.98. The lowest BCUT2D eigenvalue weighted by Gasteiger charge is -2.19. The van der Waals surface area contributed by atoms with Gasteiger partial charge < -0.3 is 9.47 Å². The highest BCUT2D eigenvalue weighted by molar-refractivity contribution is 9.09. The maximum atomic E-state index is 5.84. The summed E-state index contributed by atoms with van der Waals surface area (Å²) < 4.78 is 11.6. The predicted octanol–water partition coefficient (Wildman–Crippen LogP) is 5.75. The Hall–Kier alpha value is -0.700. The van der Waals surface area contributed by atoms with E-state index in [0.29, 0.717) is 10.7 Å². The fourth-order valence-corrected chi connectivity index (χ4v) is 2.55. The van der Waals surface area contributed by atoms with Crippen molar-refractivity contribution >= 4 is 15.9 Å². The summed E-state index contributed by atoms with van der Waals surface area (Å²) in [5.41, 5.74) is 1.26. The second-order valence-electron chi connectivity index (χ2n) is 5.19. The summed E-state index contributed by atoms with van der Waals surface area (Å²) in [5, 5.41) is 0. The summed E-state index contributed by atoms with van der Waals surface area (Å²) in [6, 6.07) is 6.29. The van der Waals surface area contributed by atoms with Gasteiger partial charge in [0.1, 0.15) is 0 Å². The Morgan fingerprint density at radius 3 is 2.15 bits per heavy atom. The maximum Gasteiger partial charge on any atom is 0.161 e. The van der Waals surface area contributed by atoms with Crippen molar-refractivity contribution in [2.75, 3.05) is 13.2 Å². The first-order chi connectivity index (χ1) is 9.63. The van der Waals surface area contributed by atoms with Gasteiger partial charge in [-0.15, -0.1) is 0 Å². The molecule has 0 amide bonds. The Morgan fingerprint density at radius 2 is 1.60 bits per heavy atom. The van der Waals surface area contributed by atoms with Crippen LogP contribution in [-0.4, -0.2) is 13.2 Å². The number of hydrogen-bond donors (Lipinski definition) is 0. The largest absolute Gasteiger partial charge is 0.490 e. The molecule has 0 aromatic heterocycles. The summed E-state index contributed by atoms with van der Waals surface area (Å²) in [5.74, 6) is 2.31. The second kappa shape index (κ2) is 9.28. The molecule has 3 heteroatoms. The van der Waals surface area contributed by atoms with Gasteiger partial charge in [0.25, 0.3) is 0 Å². The molecule has 0 bridgehead atoms. The Labute approximate surface area is 132 Å². The van der Waals surface area contributed by atoms with Crippen molar-refractivity contribution in [3.63, 3.8) is 0 Å². The van der Waals surface area contributed by atoms with E-state index in [1.165, 1.54) is 5.56 Å². The van der Waals surface area contributed by atoms with Gasteiger partial charge in [-0.05, 0) is 36.5 Å². The molecule has 1 aromatic rings. The van der Waals surface area contributed by atoms with E-state index in [-0.39, 0.29) is 0 Å². The van der Waals surface area contributed by atoms with Gasteiger partial charge in [0.2, 0.25) is 0 Å². The van der Waals surface area contributed by atoms with Crippen molar-refractivity contribution in [3.8, 4) is 11.5 Å². The van der Waals surface area contributed by atoms with Crippen molar-refractivity contribution in [1.29, 1.82) is 0 Å². The van der Waals surface area contributed by atoms with Crippen LogP contribution in [0, 0.1) is 5.92 Å². The van der Waals surface area contributed by atoms with Gasteiger partial charge in [-0.3, -0.25) is 0 Å². The molecule has 0 saturated heterocycles. The highest BCUT2D eigenvalue weighted by Gasteiger charge is 2.17. The molecule has 20 heavy (non-hydrogen) atoms. The molecule has 0 aliphatic rings. The Kier molecular flexibility index (Phi) is 8.05. The first-order valence-corrected chi connectivity index (χ1v) is 8.59. The van der Waals surface area contributed by atoms with Crippen LogP contribution < -0.4 is 9.47 Å². The topological polar surface area (TPSA) is 18.5 Å². The van der Waals surface area contributed by atoms with Crippen molar-refractivity contribution in [2.24, 2.45) is 5.92 Å². The molecule has 0 heterocycles. The van der Waals surface area contributed by atoms with Gasteiger partial charge in [-0.1, -0.05) is 56.1 Å². The number of ether oxygens (including phenoxy) is 2. The minimum Gasteiger partial charge on any atom is -0.490 e. The van der Waals surface area contributed by atoms with E-state index in [0.717, 1.165) is 44.0 Å². The Bertz CT molecular complexity index is 393. The van der Waals surface area contributed by atoms with E-state index in [9.17, 15) is 0 Å². The van der Waals surface area contributed by atoms with Crippen molar-refractivity contribution in [1.82, 2.24) is 0 Å². The predicted molar refractivity (Wildman–Crippen MR) is 89.1 cm³/mol. The molecule has 114 valence electrons. The molecule has 1 aromatic carbocycles. The SMILES string of the molecule is CCCOc1ccc(C(Br)C(C)CC)cc1OCCC. The normalized spacial score (nSPS) is 13.8. The minimum atomic E-state index is 0.358. The molecule has 2 atom stereocenters. The first-order valence-electron chi connectivity index (χ1n) is 7.67. The lowest BCUT2D eigenvalue weighted by Crippen LogP contribution is -2.05. The molecule has 0 N–H and O–H groups in total. The Morgan fingerprint density at radius 1 is 1.00 bits per heavy atom. The van der Waals surface area contributed by atoms with Crippen molar-refractivity contribution < 1.29 is 9.47 Å². The van der Waals surface area contributed by atoms with Gasteiger partial charge in [-0.2, -0.15) is 0 Å². The van der Waals surface area contributed by atoms with Crippen LogP contribution in [-0.2, 0) is 0 Å². The maximum absolute atomic E-state index is 5.84. The standard InChI is InChI=1S/C17H27BrO2/c1-5-10-19-15-9-8-14(17(18)13(4)7-3)12-16(15)20-11-6-2/h8-9,12-13,17H,5-7,10-11H2,1-4H3. The van der Waals surface area contributed by atoms with E-state index >= 15 is 0 Å². The van der Waals surface area contributed by atoms with Crippen molar-refractivity contribution in [2.45, 2.75) is 51.8 Å². The van der Waals surface area contributed by atoms with E-state index in [1.807, 2.05) is 6.07 Å². The summed E-state index contributed by atoms with van der Waals surface area (Å²) >= 11 is 3.79. The number of halogens is 1. The van der Waals surface area contributed by atoms with Gasteiger partial charge in [0, 0.05) is 4.83 Å². The van der Waals surface area contributed by atoms with Crippen LogP contribution in [0.1, 0.15) is 57.3 Å². The molecule has 0 spiro atoms. The molecule has 0 aliphatic heterocycles. The van der Waals surface area contributed by atoms with Crippen molar-refractivity contribution in [3.05, 3.63) is 23.8 Å². The number of alkyl halides is 1.